The summed E-state index contributed by atoms with van der Waals surface area (Å²) in [5.74, 6) is -0.266. The summed E-state index contributed by atoms with van der Waals surface area (Å²) in [7, 11) is 0. The number of carbonyl (C=O) groups excluding carboxylic acids is 1. The number of rotatable bonds is 3. The van der Waals surface area contributed by atoms with E-state index in [-0.39, 0.29) is 17.6 Å². The molecule has 6 heteroatoms. The molecule has 0 radical (unpaired) electrons. The first kappa shape index (κ1) is 10.6. The molecule has 1 aromatic rings. The van der Waals surface area contributed by atoms with Crippen molar-refractivity contribution in [1.29, 1.82) is 0 Å². The highest BCUT2D eigenvalue weighted by atomic mass is 32.1. The monoisotopic (exact) mass is 214 g/mol. The second kappa shape index (κ2) is 4.19. The van der Waals surface area contributed by atoms with Gasteiger partial charge in [-0.05, 0) is 13.8 Å². The fourth-order valence-electron chi connectivity index (χ4n) is 0.874. The maximum absolute atomic E-state index is 11.4. The lowest BCUT2D eigenvalue weighted by molar-refractivity contribution is -0.384. The molecular formula is C8H10N2O3S. The lowest BCUT2D eigenvalue weighted by atomic mass is 10.3. The van der Waals surface area contributed by atoms with Gasteiger partial charge in [0.05, 0.1) is 15.2 Å². The van der Waals surface area contributed by atoms with Crippen LogP contribution in [0.15, 0.2) is 11.4 Å². The van der Waals surface area contributed by atoms with Gasteiger partial charge in [0.1, 0.15) is 0 Å². The van der Waals surface area contributed by atoms with Gasteiger partial charge in [0.15, 0.2) is 0 Å². The third kappa shape index (κ3) is 2.53. The van der Waals surface area contributed by atoms with Gasteiger partial charge in [-0.1, -0.05) is 0 Å². The molecule has 0 atom stereocenters. The molecule has 5 nitrogen and oxygen atoms in total. The van der Waals surface area contributed by atoms with Crippen LogP contribution in [0.4, 0.5) is 5.69 Å². The molecule has 0 spiro atoms. The fourth-order valence-corrected chi connectivity index (χ4v) is 1.63. The van der Waals surface area contributed by atoms with Crippen LogP contribution in [0.1, 0.15) is 23.5 Å². The van der Waals surface area contributed by atoms with Crippen molar-refractivity contribution in [2.75, 3.05) is 0 Å². The lowest BCUT2D eigenvalue weighted by Gasteiger charge is -2.05. The molecule has 76 valence electrons. The fraction of sp³-hybridized carbons (Fsp3) is 0.375. The first-order valence-electron chi connectivity index (χ1n) is 4.04. The lowest BCUT2D eigenvalue weighted by Crippen LogP contribution is -2.29. The van der Waals surface area contributed by atoms with E-state index in [1.165, 1.54) is 11.4 Å². The van der Waals surface area contributed by atoms with Gasteiger partial charge in [-0.15, -0.1) is 11.3 Å². The van der Waals surface area contributed by atoms with Crippen LogP contribution in [0.25, 0.3) is 0 Å². The first-order chi connectivity index (χ1) is 6.50. The van der Waals surface area contributed by atoms with Crippen molar-refractivity contribution in [2.45, 2.75) is 19.9 Å². The molecule has 0 aromatic carbocycles. The van der Waals surface area contributed by atoms with Crippen molar-refractivity contribution >= 4 is 22.9 Å². The SMILES string of the molecule is CC(C)NC(=O)c1cc([N+](=O)[O-])cs1. The topological polar surface area (TPSA) is 72.2 Å². The standard InChI is InChI=1S/C8H10N2O3S/c1-5(2)9-8(11)7-3-6(4-14-7)10(12)13/h3-5H,1-2H3,(H,9,11). The van der Waals surface area contributed by atoms with Crippen LogP contribution in [0, 0.1) is 10.1 Å². The summed E-state index contributed by atoms with van der Waals surface area (Å²) in [4.78, 5) is 21.6. The van der Waals surface area contributed by atoms with Crippen molar-refractivity contribution in [3.63, 3.8) is 0 Å². The molecule has 1 rings (SSSR count). The third-order valence-corrected chi connectivity index (χ3v) is 2.36. The van der Waals surface area contributed by atoms with Gasteiger partial charge >= 0.3 is 0 Å². The van der Waals surface area contributed by atoms with Crippen LogP contribution in [0.3, 0.4) is 0 Å². The van der Waals surface area contributed by atoms with Gasteiger partial charge in [0, 0.05) is 12.1 Å². The van der Waals surface area contributed by atoms with Crippen LogP contribution in [-0.2, 0) is 0 Å². The number of nitrogens with one attached hydrogen (secondary N) is 1. The van der Waals surface area contributed by atoms with Gasteiger partial charge < -0.3 is 5.32 Å². The van der Waals surface area contributed by atoms with Crippen LogP contribution in [0.5, 0.6) is 0 Å². The summed E-state index contributed by atoms with van der Waals surface area (Å²) in [5, 5.41) is 14.4. The molecule has 14 heavy (non-hydrogen) atoms. The summed E-state index contributed by atoms with van der Waals surface area (Å²) < 4.78 is 0. The maximum Gasteiger partial charge on any atom is 0.280 e. The number of hydrogen-bond acceptors (Lipinski definition) is 4. The Bertz CT molecular complexity index is 359. The maximum atomic E-state index is 11.4. The van der Waals surface area contributed by atoms with E-state index in [1.54, 1.807) is 0 Å². The van der Waals surface area contributed by atoms with Gasteiger partial charge in [-0.2, -0.15) is 0 Å². The normalized spacial score (nSPS) is 10.2. The number of hydrogen-bond donors (Lipinski definition) is 1. The summed E-state index contributed by atoms with van der Waals surface area (Å²) in [6, 6.07) is 1.31. The predicted octanol–water partition coefficient (Wildman–Crippen LogP) is 1.79. The molecule has 0 aliphatic heterocycles. The van der Waals surface area contributed by atoms with E-state index in [9.17, 15) is 14.9 Å². The molecule has 1 heterocycles. The average Bonchev–Trinajstić information content (AvgIpc) is 2.50. The zero-order valence-corrected chi connectivity index (χ0v) is 8.63. The Morgan fingerprint density at radius 2 is 2.29 bits per heavy atom. The number of carbonyl (C=O) groups is 1. The second-order valence-corrected chi connectivity index (χ2v) is 3.97. The number of nitrogens with zero attached hydrogens (tertiary/aromatic N) is 1. The summed E-state index contributed by atoms with van der Waals surface area (Å²) in [5.41, 5.74) is -0.0380. The zero-order valence-electron chi connectivity index (χ0n) is 7.81. The molecule has 1 amide bonds. The molecule has 0 aliphatic rings. The Balaban J connectivity index is 2.76. The van der Waals surface area contributed by atoms with Crippen molar-refractivity contribution < 1.29 is 9.72 Å². The van der Waals surface area contributed by atoms with Crippen LogP contribution >= 0.6 is 11.3 Å². The highest BCUT2D eigenvalue weighted by Crippen LogP contribution is 2.20. The van der Waals surface area contributed by atoms with Crippen molar-refractivity contribution in [3.05, 3.63) is 26.4 Å². The smallest absolute Gasteiger partial charge is 0.280 e. The van der Waals surface area contributed by atoms with Crippen LogP contribution < -0.4 is 5.32 Å². The van der Waals surface area contributed by atoms with E-state index in [2.05, 4.69) is 5.32 Å². The minimum Gasteiger partial charge on any atom is -0.349 e. The largest absolute Gasteiger partial charge is 0.349 e. The van der Waals surface area contributed by atoms with E-state index in [0.29, 0.717) is 4.88 Å². The van der Waals surface area contributed by atoms with E-state index in [1.807, 2.05) is 13.8 Å². The van der Waals surface area contributed by atoms with Crippen LogP contribution in [-0.4, -0.2) is 16.9 Å². The Labute approximate surface area is 84.9 Å². The average molecular weight is 214 g/mol. The molecule has 0 unspecified atom stereocenters. The highest BCUT2D eigenvalue weighted by molar-refractivity contribution is 7.12. The van der Waals surface area contributed by atoms with Gasteiger partial charge in [-0.25, -0.2) is 0 Å². The summed E-state index contributed by atoms with van der Waals surface area (Å²) in [6.45, 7) is 3.67. The van der Waals surface area contributed by atoms with Gasteiger partial charge in [0.25, 0.3) is 11.6 Å². The Kier molecular flexibility index (Phi) is 3.19. The third-order valence-electron chi connectivity index (χ3n) is 1.44. The van der Waals surface area contributed by atoms with E-state index < -0.39 is 4.92 Å². The Morgan fingerprint density at radius 1 is 1.64 bits per heavy atom. The molecule has 1 aromatic heterocycles. The summed E-state index contributed by atoms with van der Waals surface area (Å²) >= 11 is 1.07. The molecule has 0 aliphatic carbocycles. The van der Waals surface area contributed by atoms with E-state index >= 15 is 0 Å². The van der Waals surface area contributed by atoms with Gasteiger partial charge in [-0.3, -0.25) is 14.9 Å². The summed E-state index contributed by atoms with van der Waals surface area (Å²) in [6.07, 6.45) is 0. The molecule has 0 saturated heterocycles. The molecule has 0 fully saturated rings. The number of amides is 1. The second-order valence-electron chi connectivity index (χ2n) is 3.05. The minimum absolute atomic E-state index is 0.0312. The number of thiophene rings is 1. The first-order valence-corrected chi connectivity index (χ1v) is 4.92. The van der Waals surface area contributed by atoms with E-state index in [4.69, 9.17) is 0 Å². The minimum atomic E-state index is -0.511. The van der Waals surface area contributed by atoms with Gasteiger partial charge in [0.2, 0.25) is 0 Å². The van der Waals surface area contributed by atoms with Crippen molar-refractivity contribution in [1.82, 2.24) is 5.32 Å². The van der Waals surface area contributed by atoms with Crippen LogP contribution in [0.2, 0.25) is 0 Å². The molecule has 0 bridgehead atoms. The van der Waals surface area contributed by atoms with Crippen molar-refractivity contribution in [2.24, 2.45) is 0 Å². The molecule has 0 saturated carbocycles. The number of nitro groups is 1. The molecular weight excluding hydrogens is 204 g/mol. The Hall–Kier alpha value is -1.43. The quantitative estimate of drug-likeness (QED) is 0.616. The Morgan fingerprint density at radius 3 is 2.71 bits per heavy atom. The van der Waals surface area contributed by atoms with Crippen molar-refractivity contribution in [3.8, 4) is 0 Å². The highest BCUT2D eigenvalue weighted by Gasteiger charge is 2.14. The van der Waals surface area contributed by atoms with E-state index in [0.717, 1.165) is 11.3 Å². The molecule has 1 N–H and O–H groups in total. The predicted molar refractivity (Wildman–Crippen MR) is 53.6 cm³/mol. The zero-order chi connectivity index (χ0) is 10.7.